The summed E-state index contributed by atoms with van der Waals surface area (Å²) in [6.45, 7) is 2.21. The summed E-state index contributed by atoms with van der Waals surface area (Å²) in [5.41, 5.74) is 1.94. The van der Waals surface area contributed by atoms with Gasteiger partial charge < -0.3 is 14.2 Å². The number of hydrogen-bond acceptors (Lipinski definition) is 6. The van der Waals surface area contributed by atoms with Crippen LogP contribution in [0.1, 0.15) is 28.4 Å². The van der Waals surface area contributed by atoms with Gasteiger partial charge in [0.1, 0.15) is 0 Å². The minimum absolute atomic E-state index is 0.163. The normalized spacial score (nSPS) is 14.1. The summed E-state index contributed by atoms with van der Waals surface area (Å²) >= 11 is 3.39. The molecule has 0 aromatic heterocycles. The van der Waals surface area contributed by atoms with Gasteiger partial charge in [0, 0.05) is 10.0 Å². The van der Waals surface area contributed by atoms with Gasteiger partial charge in [0.15, 0.2) is 17.2 Å². The van der Waals surface area contributed by atoms with E-state index in [2.05, 4.69) is 20.9 Å². The topological polar surface area (TPSA) is 74.2 Å². The molecule has 0 atom stereocenters. The highest BCUT2D eigenvalue weighted by Crippen LogP contribution is 2.31. The SMILES string of the molecule is CCOc1cc(/C=C2\N=C(c3cccc(Br)c3)OC2=O)ccc1OC(=O)c1ccccc1. The molecule has 32 heavy (non-hydrogen) atoms. The lowest BCUT2D eigenvalue weighted by atomic mass is 10.1. The molecule has 1 aliphatic heterocycles. The zero-order valence-corrected chi connectivity index (χ0v) is 18.7. The van der Waals surface area contributed by atoms with Crippen LogP contribution in [0.4, 0.5) is 0 Å². The first-order chi connectivity index (χ1) is 15.5. The van der Waals surface area contributed by atoms with Crippen LogP contribution < -0.4 is 9.47 Å². The van der Waals surface area contributed by atoms with E-state index in [0.29, 0.717) is 29.0 Å². The van der Waals surface area contributed by atoms with E-state index in [4.69, 9.17) is 14.2 Å². The van der Waals surface area contributed by atoms with Crippen LogP contribution in [0.15, 0.2) is 88.0 Å². The molecule has 0 radical (unpaired) electrons. The monoisotopic (exact) mass is 491 g/mol. The molecule has 1 heterocycles. The molecular weight excluding hydrogens is 474 g/mol. The van der Waals surface area contributed by atoms with E-state index in [9.17, 15) is 9.59 Å². The van der Waals surface area contributed by atoms with Gasteiger partial charge in [0.25, 0.3) is 0 Å². The van der Waals surface area contributed by atoms with Gasteiger partial charge >= 0.3 is 11.9 Å². The summed E-state index contributed by atoms with van der Waals surface area (Å²) in [4.78, 5) is 29.0. The van der Waals surface area contributed by atoms with E-state index in [0.717, 1.165) is 4.47 Å². The van der Waals surface area contributed by atoms with Crippen molar-refractivity contribution in [1.29, 1.82) is 0 Å². The molecule has 0 amide bonds. The van der Waals surface area contributed by atoms with Gasteiger partial charge in [-0.15, -0.1) is 0 Å². The lowest BCUT2D eigenvalue weighted by molar-refractivity contribution is -0.129. The Bertz CT molecular complexity index is 1230. The van der Waals surface area contributed by atoms with Crippen LogP contribution in [0.3, 0.4) is 0 Å². The summed E-state index contributed by atoms with van der Waals surface area (Å²) in [5.74, 6) is -0.123. The first-order valence-corrected chi connectivity index (χ1v) is 10.7. The summed E-state index contributed by atoms with van der Waals surface area (Å²) in [6, 6.07) is 21.1. The van der Waals surface area contributed by atoms with Crippen molar-refractivity contribution in [3.63, 3.8) is 0 Å². The molecule has 0 aliphatic carbocycles. The minimum atomic E-state index is -0.544. The van der Waals surface area contributed by atoms with E-state index in [1.54, 1.807) is 48.5 Å². The van der Waals surface area contributed by atoms with E-state index < -0.39 is 11.9 Å². The molecule has 0 unspecified atom stereocenters. The van der Waals surface area contributed by atoms with Gasteiger partial charge in [-0.1, -0.05) is 46.3 Å². The quantitative estimate of drug-likeness (QED) is 0.261. The summed E-state index contributed by atoms with van der Waals surface area (Å²) in [6.07, 6.45) is 1.60. The minimum Gasteiger partial charge on any atom is -0.490 e. The third-order valence-corrected chi connectivity index (χ3v) is 4.97. The molecule has 0 fully saturated rings. The van der Waals surface area contributed by atoms with E-state index >= 15 is 0 Å². The van der Waals surface area contributed by atoms with Gasteiger partial charge in [-0.25, -0.2) is 14.6 Å². The average Bonchev–Trinajstić information content (AvgIpc) is 3.16. The van der Waals surface area contributed by atoms with Crippen LogP contribution in [0.25, 0.3) is 6.08 Å². The molecule has 0 saturated carbocycles. The number of carbonyl (C=O) groups is 2. The Hall–Kier alpha value is -3.71. The number of aliphatic imine (C=N–C) groups is 1. The van der Waals surface area contributed by atoms with Crippen LogP contribution in [0.5, 0.6) is 11.5 Å². The molecule has 3 aromatic rings. The molecule has 160 valence electrons. The van der Waals surface area contributed by atoms with Crippen LogP contribution in [0.2, 0.25) is 0 Å². The first kappa shape index (κ1) is 21.5. The van der Waals surface area contributed by atoms with Crippen molar-refractivity contribution in [3.8, 4) is 11.5 Å². The molecule has 1 aliphatic rings. The van der Waals surface area contributed by atoms with Gasteiger partial charge in [-0.2, -0.15) is 0 Å². The van der Waals surface area contributed by atoms with Crippen LogP contribution in [-0.2, 0) is 9.53 Å². The number of benzene rings is 3. The molecule has 0 saturated heterocycles. The second-order valence-corrected chi connectivity index (χ2v) is 7.66. The molecule has 0 N–H and O–H groups in total. The van der Waals surface area contributed by atoms with Crippen molar-refractivity contribution in [3.05, 3.63) is 99.7 Å². The molecular formula is C25H18BrNO5. The number of carbonyl (C=O) groups excluding carboxylic acids is 2. The predicted octanol–water partition coefficient (Wildman–Crippen LogP) is 5.41. The number of ether oxygens (including phenoxy) is 3. The smallest absolute Gasteiger partial charge is 0.363 e. The third kappa shape index (κ3) is 4.95. The van der Waals surface area contributed by atoms with Crippen LogP contribution in [0, 0.1) is 0 Å². The van der Waals surface area contributed by atoms with Crippen LogP contribution >= 0.6 is 15.9 Å². The Balaban J connectivity index is 1.60. The zero-order chi connectivity index (χ0) is 22.5. The standard InChI is InChI=1S/C25H18BrNO5/c1-2-30-22-14-16(11-12-21(22)31-24(28)17-7-4-3-5-8-17)13-20-25(29)32-23(27-20)18-9-6-10-19(26)15-18/h3-15H,2H2,1H3/b20-13-. The number of esters is 2. The van der Waals surface area contributed by atoms with Crippen molar-refractivity contribution >= 4 is 39.8 Å². The van der Waals surface area contributed by atoms with Crippen molar-refractivity contribution < 1.29 is 23.8 Å². The zero-order valence-electron chi connectivity index (χ0n) is 17.1. The highest BCUT2D eigenvalue weighted by molar-refractivity contribution is 9.10. The Labute approximate surface area is 193 Å². The van der Waals surface area contributed by atoms with E-state index in [-0.39, 0.29) is 17.3 Å². The number of nitrogens with zero attached hydrogens (tertiary/aromatic N) is 1. The second-order valence-electron chi connectivity index (χ2n) is 6.74. The lowest BCUT2D eigenvalue weighted by Gasteiger charge is -2.11. The maximum absolute atomic E-state index is 12.4. The molecule has 7 heteroatoms. The van der Waals surface area contributed by atoms with Crippen LogP contribution in [-0.4, -0.2) is 24.4 Å². The van der Waals surface area contributed by atoms with Gasteiger partial charge in [0.05, 0.1) is 12.2 Å². The highest BCUT2D eigenvalue weighted by Gasteiger charge is 2.24. The molecule has 3 aromatic carbocycles. The fourth-order valence-electron chi connectivity index (χ4n) is 3.01. The van der Waals surface area contributed by atoms with Crippen molar-refractivity contribution in [2.24, 2.45) is 4.99 Å². The van der Waals surface area contributed by atoms with Crippen molar-refractivity contribution in [2.45, 2.75) is 6.92 Å². The van der Waals surface area contributed by atoms with Gasteiger partial charge in [0.2, 0.25) is 5.90 Å². The number of halogens is 1. The maximum Gasteiger partial charge on any atom is 0.363 e. The Morgan fingerprint density at radius 3 is 2.59 bits per heavy atom. The fraction of sp³-hybridized carbons (Fsp3) is 0.0800. The second kappa shape index (κ2) is 9.62. The lowest BCUT2D eigenvalue weighted by Crippen LogP contribution is -2.09. The largest absolute Gasteiger partial charge is 0.490 e. The summed E-state index contributed by atoms with van der Waals surface area (Å²) in [5, 5.41) is 0. The van der Waals surface area contributed by atoms with Crippen molar-refractivity contribution in [2.75, 3.05) is 6.61 Å². The Morgan fingerprint density at radius 1 is 1.03 bits per heavy atom. The average molecular weight is 492 g/mol. The Morgan fingerprint density at radius 2 is 1.84 bits per heavy atom. The molecule has 0 spiro atoms. The van der Waals surface area contributed by atoms with E-state index in [1.165, 1.54) is 0 Å². The molecule has 6 nitrogen and oxygen atoms in total. The molecule has 4 rings (SSSR count). The summed E-state index contributed by atoms with van der Waals surface area (Å²) in [7, 11) is 0. The maximum atomic E-state index is 12.4. The fourth-order valence-corrected chi connectivity index (χ4v) is 3.41. The van der Waals surface area contributed by atoms with Gasteiger partial charge in [-0.05, 0) is 61.0 Å². The number of rotatable bonds is 6. The Kier molecular flexibility index (Phi) is 6.47. The number of cyclic esters (lactones) is 1. The molecule has 0 bridgehead atoms. The van der Waals surface area contributed by atoms with Crippen molar-refractivity contribution in [1.82, 2.24) is 0 Å². The first-order valence-electron chi connectivity index (χ1n) is 9.86. The van der Waals surface area contributed by atoms with Gasteiger partial charge in [-0.3, -0.25) is 0 Å². The summed E-state index contributed by atoms with van der Waals surface area (Å²) < 4.78 is 17.3. The van der Waals surface area contributed by atoms with E-state index in [1.807, 2.05) is 37.3 Å². The third-order valence-electron chi connectivity index (χ3n) is 4.48. The number of hydrogen-bond donors (Lipinski definition) is 0. The highest BCUT2D eigenvalue weighted by atomic mass is 79.9. The predicted molar refractivity (Wildman–Crippen MR) is 124 cm³/mol.